The predicted octanol–water partition coefficient (Wildman–Crippen LogP) is 4.49. The van der Waals surface area contributed by atoms with Crippen LogP contribution in [0.25, 0.3) is 0 Å². The van der Waals surface area contributed by atoms with E-state index in [1.807, 2.05) is 6.92 Å². The highest BCUT2D eigenvalue weighted by molar-refractivity contribution is 8.00. The number of alkyl halides is 3. The third kappa shape index (κ3) is 10.7. The van der Waals surface area contributed by atoms with E-state index in [2.05, 4.69) is 0 Å². The third-order valence-corrected chi connectivity index (χ3v) is 3.88. The Bertz CT molecular complexity index is 232. The van der Waals surface area contributed by atoms with Crippen molar-refractivity contribution < 1.29 is 23.1 Å². The maximum absolute atomic E-state index is 11.9. The third-order valence-electron chi connectivity index (χ3n) is 2.52. The van der Waals surface area contributed by atoms with E-state index in [0.29, 0.717) is 25.0 Å². The van der Waals surface area contributed by atoms with E-state index in [9.17, 15) is 18.0 Å². The molecular weight excluding hydrogens is 265 g/mol. The summed E-state index contributed by atoms with van der Waals surface area (Å²) in [7, 11) is 0. The summed E-state index contributed by atoms with van der Waals surface area (Å²) in [5, 5.41) is 8.53. The lowest BCUT2D eigenvalue weighted by Gasteiger charge is -2.11. The Morgan fingerprint density at radius 3 is 2.39 bits per heavy atom. The van der Waals surface area contributed by atoms with Gasteiger partial charge in [0, 0.05) is 6.42 Å². The molecule has 0 rings (SSSR count). The van der Waals surface area contributed by atoms with Crippen molar-refractivity contribution in [3.05, 3.63) is 0 Å². The van der Waals surface area contributed by atoms with Gasteiger partial charge in [-0.25, -0.2) is 0 Å². The molecule has 18 heavy (non-hydrogen) atoms. The summed E-state index contributed by atoms with van der Waals surface area (Å²) in [4.78, 5) is 10.9. The maximum atomic E-state index is 11.9. The molecule has 6 heteroatoms. The van der Waals surface area contributed by atoms with Crippen molar-refractivity contribution in [2.75, 3.05) is 5.75 Å². The van der Waals surface area contributed by atoms with Crippen molar-refractivity contribution in [1.29, 1.82) is 0 Å². The number of carbonyl (C=O) groups is 1. The van der Waals surface area contributed by atoms with Gasteiger partial charge in [-0.15, -0.1) is 11.8 Å². The molecule has 0 amide bonds. The molecule has 108 valence electrons. The first-order chi connectivity index (χ1) is 8.37. The van der Waals surface area contributed by atoms with E-state index in [1.165, 1.54) is 11.8 Å². The molecule has 0 aromatic rings. The fourth-order valence-electron chi connectivity index (χ4n) is 1.50. The van der Waals surface area contributed by atoms with E-state index in [0.717, 1.165) is 12.8 Å². The molecule has 0 aromatic heterocycles. The molecule has 0 saturated heterocycles. The van der Waals surface area contributed by atoms with Crippen LogP contribution in [-0.4, -0.2) is 28.3 Å². The topological polar surface area (TPSA) is 37.3 Å². The van der Waals surface area contributed by atoms with Crippen LogP contribution in [0.2, 0.25) is 0 Å². The zero-order valence-corrected chi connectivity index (χ0v) is 11.4. The Morgan fingerprint density at radius 1 is 1.22 bits per heavy atom. The van der Waals surface area contributed by atoms with Gasteiger partial charge < -0.3 is 5.11 Å². The lowest BCUT2D eigenvalue weighted by Crippen LogP contribution is -2.16. The van der Waals surface area contributed by atoms with E-state index in [-0.39, 0.29) is 6.42 Å². The van der Waals surface area contributed by atoms with Gasteiger partial charge in [-0.1, -0.05) is 26.2 Å². The molecule has 1 atom stereocenters. The molecule has 1 unspecified atom stereocenters. The molecule has 0 aliphatic carbocycles. The summed E-state index contributed by atoms with van der Waals surface area (Å²) < 4.78 is 35.6. The highest BCUT2D eigenvalue weighted by Crippen LogP contribution is 2.24. The fraction of sp³-hybridized carbons (Fsp3) is 0.917. The number of thioether (sulfide) groups is 1. The minimum atomic E-state index is -4.07. The van der Waals surface area contributed by atoms with Gasteiger partial charge >= 0.3 is 12.1 Å². The lowest BCUT2D eigenvalue weighted by atomic mass is 10.2. The van der Waals surface area contributed by atoms with Crippen molar-refractivity contribution in [2.24, 2.45) is 0 Å². The predicted molar refractivity (Wildman–Crippen MR) is 67.9 cm³/mol. The molecule has 0 fully saturated rings. The van der Waals surface area contributed by atoms with Gasteiger partial charge in [0.25, 0.3) is 0 Å². The van der Waals surface area contributed by atoms with Crippen molar-refractivity contribution in [3.63, 3.8) is 0 Å². The Balaban J connectivity index is 3.58. The van der Waals surface area contributed by atoms with E-state index in [4.69, 9.17) is 5.11 Å². The molecule has 0 aromatic carbocycles. The quantitative estimate of drug-likeness (QED) is 0.601. The zero-order chi connectivity index (χ0) is 14.0. The molecule has 0 bridgehead atoms. The van der Waals surface area contributed by atoms with Crippen LogP contribution in [0.5, 0.6) is 0 Å². The summed E-state index contributed by atoms with van der Waals surface area (Å²) in [6, 6.07) is 0. The molecule has 0 saturated carbocycles. The number of carboxylic acid groups (broad SMARTS) is 1. The van der Waals surface area contributed by atoms with Crippen LogP contribution in [0.3, 0.4) is 0 Å². The Labute approximate surface area is 110 Å². The van der Waals surface area contributed by atoms with Crippen LogP contribution < -0.4 is 0 Å². The standard InChI is InChI=1S/C12H21F3O2S/c1-2-3-7-10(11(16)17)18-9-6-4-5-8-12(13,14)15/h10H,2-9H2,1H3,(H,16,17). The summed E-state index contributed by atoms with van der Waals surface area (Å²) >= 11 is 1.35. The molecule has 2 nitrogen and oxygen atoms in total. The smallest absolute Gasteiger partial charge is 0.389 e. The number of unbranched alkanes of at least 4 members (excludes halogenated alkanes) is 3. The van der Waals surface area contributed by atoms with Crippen LogP contribution in [0.15, 0.2) is 0 Å². The molecule has 0 spiro atoms. The average molecular weight is 286 g/mol. The Hall–Kier alpha value is -0.390. The number of rotatable bonds is 10. The molecule has 1 N–H and O–H groups in total. The molecule has 0 radical (unpaired) electrons. The number of carboxylic acids is 1. The normalized spacial score (nSPS) is 13.6. The van der Waals surface area contributed by atoms with Crippen molar-refractivity contribution in [1.82, 2.24) is 0 Å². The SMILES string of the molecule is CCCCC(SCCCCCC(F)(F)F)C(=O)O. The second kappa shape index (κ2) is 9.53. The first-order valence-electron chi connectivity index (χ1n) is 6.28. The molecule has 0 aliphatic rings. The van der Waals surface area contributed by atoms with E-state index >= 15 is 0 Å². The molecular formula is C12H21F3O2S. The van der Waals surface area contributed by atoms with Crippen LogP contribution >= 0.6 is 11.8 Å². The fourth-order valence-corrected chi connectivity index (χ4v) is 2.63. The minimum Gasteiger partial charge on any atom is -0.480 e. The van der Waals surface area contributed by atoms with Gasteiger partial charge in [0.2, 0.25) is 0 Å². The summed E-state index contributed by atoms with van der Waals surface area (Å²) in [6.45, 7) is 2.00. The number of hydrogen-bond donors (Lipinski definition) is 1. The molecule has 0 aliphatic heterocycles. The second-order valence-electron chi connectivity index (χ2n) is 4.27. The van der Waals surface area contributed by atoms with Gasteiger partial charge in [0.15, 0.2) is 0 Å². The van der Waals surface area contributed by atoms with E-state index < -0.39 is 23.8 Å². The number of hydrogen-bond acceptors (Lipinski definition) is 2. The highest BCUT2D eigenvalue weighted by Gasteiger charge is 2.25. The number of aliphatic carboxylic acids is 1. The summed E-state index contributed by atoms with van der Waals surface area (Å²) in [5.74, 6) is -0.192. The van der Waals surface area contributed by atoms with Crippen LogP contribution in [0.4, 0.5) is 13.2 Å². The largest absolute Gasteiger partial charge is 0.480 e. The first-order valence-corrected chi connectivity index (χ1v) is 7.33. The monoisotopic (exact) mass is 286 g/mol. The summed E-state index contributed by atoms with van der Waals surface area (Å²) in [6.07, 6.45) is -1.05. The second-order valence-corrected chi connectivity index (χ2v) is 5.58. The van der Waals surface area contributed by atoms with Crippen LogP contribution in [-0.2, 0) is 4.79 Å². The van der Waals surface area contributed by atoms with Crippen molar-refractivity contribution in [3.8, 4) is 0 Å². The van der Waals surface area contributed by atoms with E-state index in [1.54, 1.807) is 0 Å². The Morgan fingerprint density at radius 2 is 1.89 bits per heavy atom. The van der Waals surface area contributed by atoms with Crippen molar-refractivity contribution >= 4 is 17.7 Å². The Kier molecular flexibility index (Phi) is 9.32. The minimum absolute atomic E-state index is 0.136. The molecule has 0 heterocycles. The van der Waals surface area contributed by atoms with Crippen LogP contribution in [0.1, 0.15) is 51.9 Å². The lowest BCUT2D eigenvalue weighted by molar-refractivity contribution is -0.137. The zero-order valence-electron chi connectivity index (χ0n) is 10.6. The average Bonchev–Trinajstić information content (AvgIpc) is 2.25. The number of halogens is 3. The highest BCUT2D eigenvalue weighted by atomic mass is 32.2. The van der Waals surface area contributed by atoms with Gasteiger partial charge in [-0.05, 0) is 25.0 Å². The van der Waals surface area contributed by atoms with Crippen LogP contribution in [0, 0.1) is 0 Å². The summed E-state index contributed by atoms with van der Waals surface area (Å²) in [5.41, 5.74) is 0. The first kappa shape index (κ1) is 17.6. The maximum Gasteiger partial charge on any atom is 0.389 e. The van der Waals surface area contributed by atoms with Gasteiger partial charge in [-0.2, -0.15) is 13.2 Å². The van der Waals surface area contributed by atoms with Gasteiger partial charge in [-0.3, -0.25) is 4.79 Å². The van der Waals surface area contributed by atoms with Gasteiger partial charge in [0.1, 0.15) is 5.25 Å². The van der Waals surface area contributed by atoms with Gasteiger partial charge in [0.05, 0.1) is 0 Å². The van der Waals surface area contributed by atoms with Crippen molar-refractivity contribution in [2.45, 2.75) is 63.3 Å².